The van der Waals surface area contributed by atoms with E-state index in [1.165, 1.54) is 55.9 Å². The Hall–Kier alpha value is -2.84. The number of sulfonamides is 1. The molecule has 0 unspecified atom stereocenters. The summed E-state index contributed by atoms with van der Waals surface area (Å²) < 4.78 is 32.9. The number of aliphatic carboxylic acids is 1. The summed E-state index contributed by atoms with van der Waals surface area (Å²) in [6.07, 6.45) is 5.98. The van der Waals surface area contributed by atoms with Crippen molar-refractivity contribution >= 4 is 27.8 Å². The summed E-state index contributed by atoms with van der Waals surface area (Å²) in [5, 5.41) is 8.82. The summed E-state index contributed by atoms with van der Waals surface area (Å²) in [5.74, 6) is -0.898. The topological polar surface area (TPSA) is 87.1 Å². The first-order valence-electron chi connectivity index (χ1n) is 10.2. The summed E-state index contributed by atoms with van der Waals surface area (Å²) >= 11 is 0. The number of carbonyl (C=O) groups is 1. The molecule has 0 bridgehead atoms. The van der Waals surface area contributed by atoms with Gasteiger partial charge in [0.25, 0.3) is 0 Å². The molecule has 1 aliphatic rings. The first kappa shape index (κ1) is 22.8. The number of hydrogen-bond acceptors (Lipinski definition) is 5. The summed E-state index contributed by atoms with van der Waals surface area (Å²) in [6, 6.07) is 12.5. The molecule has 166 valence electrons. The van der Waals surface area contributed by atoms with Crippen molar-refractivity contribution in [2.24, 2.45) is 0 Å². The van der Waals surface area contributed by atoms with Crippen LogP contribution in [0.3, 0.4) is 0 Å². The monoisotopic (exact) mass is 444 g/mol. The van der Waals surface area contributed by atoms with Gasteiger partial charge in [-0.25, -0.2) is 13.2 Å². The number of hydrogen-bond donors (Lipinski definition) is 1. The van der Waals surface area contributed by atoms with Gasteiger partial charge in [0.05, 0.1) is 7.11 Å². The zero-order valence-corrected chi connectivity index (χ0v) is 18.6. The molecule has 2 aromatic carbocycles. The molecule has 0 spiro atoms. The Morgan fingerprint density at radius 1 is 1.13 bits per heavy atom. The Morgan fingerprint density at radius 2 is 1.81 bits per heavy atom. The minimum Gasteiger partial charge on any atom is -0.495 e. The van der Waals surface area contributed by atoms with Crippen LogP contribution in [-0.4, -0.2) is 51.0 Å². The van der Waals surface area contributed by atoms with Crippen LogP contribution in [-0.2, 0) is 21.4 Å². The predicted molar refractivity (Wildman–Crippen MR) is 121 cm³/mol. The van der Waals surface area contributed by atoms with Crippen LogP contribution in [0.25, 0.3) is 6.08 Å². The molecule has 8 heteroatoms. The summed E-state index contributed by atoms with van der Waals surface area (Å²) in [5.41, 5.74) is 2.50. The molecule has 0 aliphatic carbocycles. The zero-order chi connectivity index (χ0) is 22.4. The van der Waals surface area contributed by atoms with Crippen LogP contribution in [0.2, 0.25) is 0 Å². The number of carboxylic acid groups (broad SMARTS) is 1. The van der Waals surface area contributed by atoms with Crippen LogP contribution in [0.5, 0.6) is 5.75 Å². The van der Waals surface area contributed by atoms with Crippen LogP contribution in [0.4, 0.5) is 5.69 Å². The second kappa shape index (κ2) is 9.98. The summed E-state index contributed by atoms with van der Waals surface area (Å²) in [7, 11) is -0.931. The fourth-order valence-electron chi connectivity index (χ4n) is 3.64. The molecule has 0 atom stereocenters. The Labute approximate surface area is 183 Å². The van der Waals surface area contributed by atoms with Gasteiger partial charge in [0.15, 0.2) is 0 Å². The molecule has 0 aromatic heterocycles. The average molecular weight is 445 g/mol. The Bertz CT molecular complexity index is 1040. The molecule has 1 fully saturated rings. The third-order valence-electron chi connectivity index (χ3n) is 5.36. The highest BCUT2D eigenvalue weighted by atomic mass is 32.2. The third-order valence-corrected chi connectivity index (χ3v) is 7.18. The van der Waals surface area contributed by atoms with E-state index in [1.807, 2.05) is 24.3 Å². The van der Waals surface area contributed by atoms with E-state index in [1.54, 1.807) is 6.07 Å². The molecular weight excluding hydrogens is 416 g/mol. The third kappa shape index (κ3) is 5.65. The lowest BCUT2D eigenvalue weighted by molar-refractivity contribution is -0.131. The lowest BCUT2D eigenvalue weighted by atomic mass is 10.1. The molecule has 31 heavy (non-hydrogen) atoms. The fourth-order valence-corrected chi connectivity index (χ4v) is 4.99. The van der Waals surface area contributed by atoms with Crippen LogP contribution >= 0.6 is 0 Å². The SMILES string of the molecule is COc1ccc(C=CC(=O)O)cc1S(=O)(=O)N(C)Cc1ccc(N2CCCCC2)cc1. The molecule has 7 nitrogen and oxygen atoms in total. The van der Waals surface area contributed by atoms with E-state index in [9.17, 15) is 13.2 Å². The molecule has 2 aromatic rings. The molecule has 0 radical (unpaired) electrons. The molecule has 1 aliphatic heterocycles. The Morgan fingerprint density at radius 3 is 2.42 bits per heavy atom. The van der Waals surface area contributed by atoms with Crippen molar-refractivity contribution in [2.45, 2.75) is 30.7 Å². The standard InChI is InChI=1S/C23H28N2O5S/c1-24(17-19-6-10-20(11-7-19)25-14-4-3-5-15-25)31(28,29)22-16-18(9-13-23(26)27)8-12-21(22)30-2/h6-13,16H,3-5,14-15,17H2,1-2H3,(H,26,27). The molecule has 0 saturated carbocycles. The van der Waals surface area contributed by atoms with Crippen molar-refractivity contribution in [3.05, 3.63) is 59.7 Å². The van der Waals surface area contributed by atoms with Crippen molar-refractivity contribution in [1.29, 1.82) is 0 Å². The quantitative estimate of drug-likeness (QED) is 0.626. The Balaban J connectivity index is 1.79. The fraction of sp³-hybridized carbons (Fsp3) is 0.348. The minimum absolute atomic E-state index is 0.00465. The van der Waals surface area contributed by atoms with E-state index in [0.29, 0.717) is 5.56 Å². The maximum Gasteiger partial charge on any atom is 0.328 e. The summed E-state index contributed by atoms with van der Waals surface area (Å²) in [6.45, 7) is 2.32. The van der Waals surface area contributed by atoms with Gasteiger partial charge in [0, 0.05) is 38.4 Å². The van der Waals surface area contributed by atoms with Gasteiger partial charge in [-0.15, -0.1) is 0 Å². The van der Waals surface area contributed by atoms with Crippen molar-refractivity contribution in [3.8, 4) is 5.75 Å². The second-order valence-electron chi connectivity index (χ2n) is 7.56. The van der Waals surface area contributed by atoms with E-state index >= 15 is 0 Å². The number of carboxylic acids is 1. The number of benzene rings is 2. The number of anilines is 1. The number of piperidine rings is 1. The zero-order valence-electron chi connectivity index (χ0n) is 17.8. The lowest BCUT2D eigenvalue weighted by Gasteiger charge is -2.29. The van der Waals surface area contributed by atoms with E-state index in [4.69, 9.17) is 9.84 Å². The first-order valence-corrected chi connectivity index (χ1v) is 11.6. The average Bonchev–Trinajstić information content (AvgIpc) is 2.78. The number of methoxy groups -OCH3 is 1. The van der Waals surface area contributed by atoms with Gasteiger partial charge < -0.3 is 14.7 Å². The van der Waals surface area contributed by atoms with Gasteiger partial charge in [-0.1, -0.05) is 18.2 Å². The van der Waals surface area contributed by atoms with Crippen LogP contribution < -0.4 is 9.64 Å². The number of rotatable bonds is 8. The first-order chi connectivity index (χ1) is 14.8. The highest BCUT2D eigenvalue weighted by Crippen LogP contribution is 2.29. The number of nitrogens with zero attached hydrogens (tertiary/aromatic N) is 2. The van der Waals surface area contributed by atoms with Crippen LogP contribution in [0.1, 0.15) is 30.4 Å². The van der Waals surface area contributed by atoms with Crippen molar-refractivity contribution in [3.63, 3.8) is 0 Å². The van der Waals surface area contributed by atoms with Gasteiger partial charge in [-0.05, 0) is 60.7 Å². The van der Waals surface area contributed by atoms with E-state index < -0.39 is 16.0 Å². The van der Waals surface area contributed by atoms with E-state index in [2.05, 4.69) is 4.90 Å². The molecular formula is C23H28N2O5S. The maximum atomic E-state index is 13.2. The van der Waals surface area contributed by atoms with Crippen molar-refractivity contribution < 1.29 is 23.1 Å². The number of ether oxygens (including phenoxy) is 1. The molecule has 0 amide bonds. The van der Waals surface area contributed by atoms with E-state index in [-0.39, 0.29) is 17.2 Å². The highest BCUT2D eigenvalue weighted by molar-refractivity contribution is 7.89. The normalized spacial score (nSPS) is 14.9. The van der Waals surface area contributed by atoms with Crippen LogP contribution in [0.15, 0.2) is 53.4 Å². The molecule has 1 heterocycles. The van der Waals surface area contributed by atoms with Gasteiger partial charge in [-0.2, -0.15) is 4.31 Å². The van der Waals surface area contributed by atoms with Crippen molar-refractivity contribution in [2.75, 3.05) is 32.1 Å². The predicted octanol–water partition coefficient (Wildman–Crippen LogP) is 3.60. The Kier molecular flexibility index (Phi) is 7.35. The summed E-state index contributed by atoms with van der Waals surface area (Å²) in [4.78, 5) is 13.1. The van der Waals surface area contributed by atoms with E-state index in [0.717, 1.165) is 30.4 Å². The maximum absolute atomic E-state index is 13.2. The van der Waals surface area contributed by atoms with Crippen molar-refractivity contribution in [1.82, 2.24) is 4.31 Å². The van der Waals surface area contributed by atoms with Crippen LogP contribution in [0, 0.1) is 0 Å². The molecule has 1 N–H and O–H groups in total. The van der Waals surface area contributed by atoms with Gasteiger partial charge >= 0.3 is 5.97 Å². The van der Waals surface area contributed by atoms with Gasteiger partial charge in [0.1, 0.15) is 10.6 Å². The second-order valence-corrected chi connectivity index (χ2v) is 9.57. The smallest absolute Gasteiger partial charge is 0.328 e. The van der Waals surface area contributed by atoms with Gasteiger partial charge in [-0.3, -0.25) is 0 Å². The lowest BCUT2D eigenvalue weighted by Crippen LogP contribution is -2.29. The van der Waals surface area contributed by atoms with Gasteiger partial charge in [0.2, 0.25) is 10.0 Å². The minimum atomic E-state index is -3.85. The molecule has 1 saturated heterocycles. The molecule has 3 rings (SSSR count). The highest BCUT2D eigenvalue weighted by Gasteiger charge is 2.25. The largest absolute Gasteiger partial charge is 0.495 e.